The molecule has 0 heterocycles. The summed E-state index contributed by atoms with van der Waals surface area (Å²) in [6.45, 7) is 2.25. The molecule has 1 amide bonds. The Morgan fingerprint density at radius 3 is 2.78 bits per heavy atom. The van der Waals surface area contributed by atoms with Gasteiger partial charge >= 0.3 is 0 Å². The van der Waals surface area contributed by atoms with Crippen LogP contribution < -0.4 is 5.32 Å². The van der Waals surface area contributed by atoms with Crippen LogP contribution in [0, 0.1) is 11.7 Å². The summed E-state index contributed by atoms with van der Waals surface area (Å²) >= 11 is 0. The van der Waals surface area contributed by atoms with E-state index in [0.717, 1.165) is 31.6 Å². The highest BCUT2D eigenvalue weighted by molar-refractivity contribution is 5.94. The van der Waals surface area contributed by atoms with Gasteiger partial charge in [0.1, 0.15) is 5.82 Å². The number of hydrogen-bond donors (Lipinski definition) is 1. The minimum atomic E-state index is -0.447. The molecule has 2 atom stereocenters. The van der Waals surface area contributed by atoms with E-state index in [2.05, 4.69) is 12.2 Å². The van der Waals surface area contributed by atoms with E-state index in [1.165, 1.54) is 18.6 Å². The van der Waals surface area contributed by atoms with Crippen LogP contribution >= 0.6 is 0 Å². The van der Waals surface area contributed by atoms with Crippen molar-refractivity contribution in [1.29, 1.82) is 0 Å². The minimum Gasteiger partial charge on any atom is -0.349 e. The Bertz CT molecular complexity index is 419. The zero-order valence-corrected chi connectivity index (χ0v) is 10.8. The van der Waals surface area contributed by atoms with Gasteiger partial charge < -0.3 is 5.32 Å². The van der Waals surface area contributed by atoms with Crippen molar-refractivity contribution >= 4 is 5.91 Å². The van der Waals surface area contributed by atoms with Crippen molar-refractivity contribution in [1.82, 2.24) is 5.32 Å². The fraction of sp³-hybridized carbons (Fsp3) is 0.533. The first kappa shape index (κ1) is 13.1. The zero-order valence-electron chi connectivity index (χ0n) is 10.8. The highest BCUT2D eigenvalue weighted by atomic mass is 19.1. The van der Waals surface area contributed by atoms with Crippen LogP contribution in [0.5, 0.6) is 0 Å². The van der Waals surface area contributed by atoms with Gasteiger partial charge in [-0.2, -0.15) is 0 Å². The molecular formula is C15H20FNO. The molecule has 1 N–H and O–H groups in total. The molecule has 0 aliphatic heterocycles. The summed E-state index contributed by atoms with van der Waals surface area (Å²) in [4.78, 5) is 12.0. The second kappa shape index (κ2) is 5.98. The van der Waals surface area contributed by atoms with Gasteiger partial charge in [-0.05, 0) is 37.3 Å². The number of halogens is 1. The van der Waals surface area contributed by atoms with Gasteiger partial charge in [0.25, 0.3) is 5.91 Å². The zero-order chi connectivity index (χ0) is 13.0. The van der Waals surface area contributed by atoms with Crippen LogP contribution in [0.4, 0.5) is 4.39 Å². The molecule has 2 nitrogen and oxygen atoms in total. The first-order chi connectivity index (χ1) is 8.66. The summed E-state index contributed by atoms with van der Waals surface area (Å²) in [5.74, 6) is 0.00464. The van der Waals surface area contributed by atoms with E-state index in [1.54, 1.807) is 12.1 Å². The van der Waals surface area contributed by atoms with Crippen molar-refractivity contribution in [2.45, 2.75) is 45.1 Å². The summed E-state index contributed by atoms with van der Waals surface area (Å²) in [6.07, 6.45) is 5.52. The lowest BCUT2D eigenvalue weighted by Gasteiger charge is -2.16. The predicted molar refractivity (Wildman–Crippen MR) is 69.9 cm³/mol. The largest absolute Gasteiger partial charge is 0.349 e. The third-order valence-corrected chi connectivity index (χ3v) is 3.71. The van der Waals surface area contributed by atoms with Gasteiger partial charge in [0.05, 0.1) is 5.56 Å². The standard InChI is InChI=1S/C15H20FNO/c1-11-5-4-6-12(10-9-11)17-15(18)13-7-2-3-8-14(13)16/h2-3,7-8,11-12H,4-6,9-10H2,1H3,(H,17,18). The van der Waals surface area contributed by atoms with Crippen molar-refractivity contribution in [2.24, 2.45) is 5.92 Å². The molecule has 18 heavy (non-hydrogen) atoms. The third-order valence-electron chi connectivity index (χ3n) is 3.71. The van der Waals surface area contributed by atoms with Crippen LogP contribution in [0.1, 0.15) is 49.4 Å². The molecule has 0 bridgehead atoms. The number of rotatable bonds is 2. The Morgan fingerprint density at radius 1 is 1.22 bits per heavy atom. The average Bonchev–Trinajstić information content (AvgIpc) is 2.55. The minimum absolute atomic E-state index is 0.148. The second-order valence-electron chi connectivity index (χ2n) is 5.26. The van der Waals surface area contributed by atoms with Crippen molar-refractivity contribution < 1.29 is 9.18 Å². The highest BCUT2D eigenvalue weighted by Crippen LogP contribution is 2.22. The molecule has 0 saturated heterocycles. The van der Waals surface area contributed by atoms with E-state index >= 15 is 0 Å². The maximum absolute atomic E-state index is 13.5. The number of carbonyl (C=O) groups excluding carboxylic acids is 1. The molecule has 98 valence electrons. The van der Waals surface area contributed by atoms with Crippen molar-refractivity contribution in [3.05, 3.63) is 35.6 Å². The Labute approximate surface area is 108 Å². The van der Waals surface area contributed by atoms with Crippen LogP contribution in [-0.4, -0.2) is 11.9 Å². The predicted octanol–water partition coefficient (Wildman–Crippen LogP) is 3.52. The van der Waals surface area contributed by atoms with Gasteiger partial charge in [-0.15, -0.1) is 0 Å². The lowest BCUT2D eigenvalue weighted by Crippen LogP contribution is -2.34. The lowest BCUT2D eigenvalue weighted by atomic mass is 10.0. The van der Waals surface area contributed by atoms with Gasteiger partial charge in [-0.3, -0.25) is 4.79 Å². The van der Waals surface area contributed by atoms with Gasteiger partial charge in [-0.1, -0.05) is 31.9 Å². The number of amides is 1. The number of nitrogens with one attached hydrogen (secondary N) is 1. The Hall–Kier alpha value is -1.38. The molecule has 3 heteroatoms. The number of carbonyl (C=O) groups is 1. The Kier molecular flexibility index (Phi) is 4.34. The summed E-state index contributed by atoms with van der Waals surface area (Å²) in [5.41, 5.74) is 0.148. The van der Waals surface area contributed by atoms with Gasteiger partial charge in [-0.25, -0.2) is 4.39 Å². The topological polar surface area (TPSA) is 29.1 Å². The van der Waals surface area contributed by atoms with Crippen LogP contribution in [0.15, 0.2) is 24.3 Å². The summed E-state index contributed by atoms with van der Waals surface area (Å²) in [5, 5.41) is 2.96. The Balaban J connectivity index is 1.97. The Morgan fingerprint density at radius 2 is 2.00 bits per heavy atom. The monoisotopic (exact) mass is 249 g/mol. The maximum atomic E-state index is 13.5. The highest BCUT2D eigenvalue weighted by Gasteiger charge is 2.19. The van der Waals surface area contributed by atoms with E-state index in [9.17, 15) is 9.18 Å². The molecule has 0 spiro atoms. The van der Waals surface area contributed by atoms with Gasteiger partial charge in [0, 0.05) is 6.04 Å². The van der Waals surface area contributed by atoms with Crippen LogP contribution in [-0.2, 0) is 0 Å². The van der Waals surface area contributed by atoms with Crippen molar-refractivity contribution in [3.63, 3.8) is 0 Å². The molecule has 0 aromatic heterocycles. The molecule has 1 aliphatic rings. The molecule has 1 aromatic carbocycles. The smallest absolute Gasteiger partial charge is 0.254 e. The number of hydrogen-bond acceptors (Lipinski definition) is 1. The molecule has 2 unspecified atom stereocenters. The van der Waals surface area contributed by atoms with Crippen LogP contribution in [0.25, 0.3) is 0 Å². The first-order valence-electron chi connectivity index (χ1n) is 6.72. The summed E-state index contributed by atoms with van der Waals surface area (Å²) in [6, 6.07) is 6.34. The average molecular weight is 249 g/mol. The van der Waals surface area contributed by atoms with E-state index < -0.39 is 5.82 Å². The van der Waals surface area contributed by atoms with E-state index in [0.29, 0.717) is 0 Å². The molecule has 1 fully saturated rings. The SMILES string of the molecule is CC1CCCC(NC(=O)c2ccccc2F)CC1. The molecular weight excluding hydrogens is 229 g/mol. The second-order valence-corrected chi connectivity index (χ2v) is 5.26. The maximum Gasteiger partial charge on any atom is 0.254 e. The number of benzene rings is 1. The normalized spacial score (nSPS) is 24.3. The van der Waals surface area contributed by atoms with E-state index in [1.807, 2.05) is 0 Å². The van der Waals surface area contributed by atoms with Crippen molar-refractivity contribution in [3.8, 4) is 0 Å². The fourth-order valence-corrected chi connectivity index (χ4v) is 2.54. The van der Waals surface area contributed by atoms with Gasteiger partial charge in [0.2, 0.25) is 0 Å². The molecule has 1 aromatic rings. The van der Waals surface area contributed by atoms with Crippen molar-refractivity contribution in [2.75, 3.05) is 0 Å². The molecule has 1 saturated carbocycles. The third kappa shape index (κ3) is 3.31. The molecule has 1 aliphatic carbocycles. The van der Waals surface area contributed by atoms with Crippen LogP contribution in [0.3, 0.4) is 0 Å². The lowest BCUT2D eigenvalue weighted by molar-refractivity contribution is 0.0929. The quantitative estimate of drug-likeness (QED) is 0.798. The van der Waals surface area contributed by atoms with Crippen LogP contribution in [0.2, 0.25) is 0 Å². The first-order valence-corrected chi connectivity index (χ1v) is 6.72. The molecule has 2 rings (SSSR count). The summed E-state index contributed by atoms with van der Waals surface area (Å²) < 4.78 is 13.5. The summed E-state index contributed by atoms with van der Waals surface area (Å²) in [7, 11) is 0. The fourth-order valence-electron chi connectivity index (χ4n) is 2.54. The van der Waals surface area contributed by atoms with Gasteiger partial charge in [0.15, 0.2) is 0 Å². The molecule has 0 radical (unpaired) electrons. The van der Waals surface area contributed by atoms with E-state index in [4.69, 9.17) is 0 Å². The van der Waals surface area contributed by atoms with E-state index in [-0.39, 0.29) is 17.5 Å².